The lowest BCUT2D eigenvalue weighted by Gasteiger charge is -2.02. The minimum atomic E-state index is 0.785. The summed E-state index contributed by atoms with van der Waals surface area (Å²) >= 11 is 0. The van der Waals surface area contributed by atoms with E-state index in [-0.39, 0.29) is 0 Å². The zero-order valence-electron chi connectivity index (χ0n) is 13.3. The highest BCUT2D eigenvalue weighted by Gasteiger charge is 1.96. The van der Waals surface area contributed by atoms with Crippen LogP contribution in [-0.4, -0.2) is 7.11 Å². The van der Waals surface area contributed by atoms with Gasteiger partial charge in [-0.2, -0.15) is 0 Å². The Hall–Kier alpha value is -3.00. The van der Waals surface area contributed by atoms with E-state index in [9.17, 15) is 0 Å². The van der Waals surface area contributed by atoms with Gasteiger partial charge in [0, 0.05) is 5.69 Å². The maximum atomic E-state index is 5.56. The van der Waals surface area contributed by atoms with E-state index < -0.39 is 0 Å². The van der Waals surface area contributed by atoms with Crippen LogP contribution in [0.15, 0.2) is 85.4 Å². The number of nitrogen functional groups attached to an aromatic ring is 1. The Morgan fingerprint density at radius 2 is 1.35 bits per heavy atom. The minimum Gasteiger partial charge on any atom is -0.497 e. The molecule has 3 aromatic carbocycles. The second kappa shape index (κ2) is 8.44. The molecule has 3 aromatic rings. The molecule has 0 radical (unpaired) electrons. The fourth-order valence-electron chi connectivity index (χ4n) is 2.11. The lowest BCUT2D eigenvalue weighted by atomic mass is 10.1. The van der Waals surface area contributed by atoms with Gasteiger partial charge in [0.05, 0.1) is 7.11 Å². The fraction of sp³-hybridized carbons (Fsp3) is 0.0476. The van der Waals surface area contributed by atoms with Crippen LogP contribution in [0.4, 0.5) is 5.69 Å². The third-order valence-electron chi connectivity index (χ3n) is 3.41. The maximum absolute atomic E-state index is 5.56. The van der Waals surface area contributed by atoms with Crippen molar-refractivity contribution >= 4 is 11.8 Å². The van der Waals surface area contributed by atoms with Gasteiger partial charge in [0.1, 0.15) is 5.75 Å². The molecule has 0 saturated carbocycles. The van der Waals surface area contributed by atoms with E-state index in [1.165, 1.54) is 11.1 Å². The van der Waals surface area contributed by atoms with Crippen molar-refractivity contribution in [2.45, 2.75) is 0 Å². The van der Waals surface area contributed by atoms with Crippen molar-refractivity contribution in [3.8, 4) is 16.9 Å². The lowest BCUT2D eigenvalue weighted by molar-refractivity contribution is 0.415. The van der Waals surface area contributed by atoms with Crippen molar-refractivity contribution in [1.29, 1.82) is 0 Å². The lowest BCUT2D eigenvalue weighted by Crippen LogP contribution is -1.86. The summed E-state index contributed by atoms with van der Waals surface area (Å²) in [5.41, 5.74) is 9.79. The van der Waals surface area contributed by atoms with Crippen molar-refractivity contribution in [2.24, 2.45) is 0 Å². The van der Waals surface area contributed by atoms with Gasteiger partial charge in [0.2, 0.25) is 0 Å². The molecular weight excluding hydrogens is 282 g/mol. The van der Waals surface area contributed by atoms with Gasteiger partial charge in [0.25, 0.3) is 0 Å². The van der Waals surface area contributed by atoms with E-state index in [1.807, 2.05) is 54.6 Å². The molecule has 0 aliphatic rings. The molecule has 2 nitrogen and oxygen atoms in total. The van der Waals surface area contributed by atoms with Crippen LogP contribution < -0.4 is 10.5 Å². The molecule has 0 spiro atoms. The van der Waals surface area contributed by atoms with Gasteiger partial charge in [-0.15, -0.1) is 0 Å². The Labute approximate surface area is 137 Å². The van der Waals surface area contributed by atoms with Crippen LogP contribution >= 0.6 is 0 Å². The van der Waals surface area contributed by atoms with Gasteiger partial charge in [-0.1, -0.05) is 73.3 Å². The SMILES string of the molecule is C=Cc1ccccc1N.COc1ccc(-c2ccccc2)cc1. The smallest absolute Gasteiger partial charge is 0.118 e. The Morgan fingerprint density at radius 3 is 1.87 bits per heavy atom. The minimum absolute atomic E-state index is 0.785. The van der Waals surface area contributed by atoms with E-state index in [4.69, 9.17) is 10.5 Å². The number of nitrogens with two attached hydrogens (primary N) is 1. The first-order chi connectivity index (χ1) is 11.2. The van der Waals surface area contributed by atoms with Gasteiger partial charge < -0.3 is 10.5 Å². The number of rotatable bonds is 3. The highest BCUT2D eigenvalue weighted by atomic mass is 16.5. The van der Waals surface area contributed by atoms with E-state index >= 15 is 0 Å². The summed E-state index contributed by atoms with van der Waals surface area (Å²) in [5.74, 6) is 0.893. The number of anilines is 1. The Kier molecular flexibility index (Phi) is 6.01. The number of para-hydroxylation sites is 1. The molecule has 2 heteroatoms. The molecular formula is C21H21NO. The first-order valence-corrected chi connectivity index (χ1v) is 7.41. The second-order valence-electron chi connectivity index (χ2n) is 4.93. The molecule has 3 rings (SSSR count). The summed E-state index contributed by atoms with van der Waals surface area (Å²) in [6.45, 7) is 3.61. The third-order valence-corrected chi connectivity index (χ3v) is 3.41. The van der Waals surface area contributed by atoms with Crippen molar-refractivity contribution in [1.82, 2.24) is 0 Å². The standard InChI is InChI=1S/C13H12O.C8H9N/c1-14-13-9-7-12(8-10-13)11-5-3-2-4-6-11;1-2-7-5-3-4-6-8(7)9/h2-10H,1H3;2-6H,1,9H2. The van der Waals surface area contributed by atoms with Gasteiger partial charge in [-0.3, -0.25) is 0 Å². The van der Waals surface area contributed by atoms with E-state index in [2.05, 4.69) is 30.8 Å². The zero-order chi connectivity index (χ0) is 16.5. The van der Waals surface area contributed by atoms with Gasteiger partial charge >= 0.3 is 0 Å². The third kappa shape index (κ3) is 4.75. The van der Waals surface area contributed by atoms with Crippen molar-refractivity contribution in [3.63, 3.8) is 0 Å². The Balaban J connectivity index is 0.000000185. The van der Waals surface area contributed by atoms with Gasteiger partial charge in [-0.25, -0.2) is 0 Å². The quantitative estimate of drug-likeness (QED) is 0.669. The molecule has 116 valence electrons. The first-order valence-electron chi connectivity index (χ1n) is 7.41. The van der Waals surface area contributed by atoms with E-state index in [1.54, 1.807) is 13.2 Å². The van der Waals surface area contributed by atoms with Crippen LogP contribution in [0.3, 0.4) is 0 Å². The van der Waals surface area contributed by atoms with Crippen LogP contribution in [-0.2, 0) is 0 Å². The molecule has 0 atom stereocenters. The first kappa shape index (κ1) is 16.4. The summed E-state index contributed by atoms with van der Waals surface area (Å²) in [5, 5.41) is 0. The molecule has 0 unspecified atom stereocenters. The average Bonchev–Trinajstić information content (AvgIpc) is 2.63. The average molecular weight is 303 g/mol. The summed E-state index contributed by atoms with van der Waals surface area (Å²) in [6, 6.07) is 26.0. The Morgan fingerprint density at radius 1 is 0.783 bits per heavy atom. The van der Waals surface area contributed by atoms with Crippen LogP contribution in [0.1, 0.15) is 5.56 Å². The van der Waals surface area contributed by atoms with Crippen LogP contribution in [0, 0.1) is 0 Å². The fourth-order valence-corrected chi connectivity index (χ4v) is 2.11. The van der Waals surface area contributed by atoms with Crippen molar-refractivity contribution < 1.29 is 4.74 Å². The highest BCUT2D eigenvalue weighted by molar-refractivity contribution is 5.64. The number of benzene rings is 3. The normalized spacial score (nSPS) is 9.43. The molecule has 0 saturated heterocycles. The molecule has 0 aromatic heterocycles. The molecule has 0 amide bonds. The molecule has 0 aliphatic heterocycles. The molecule has 23 heavy (non-hydrogen) atoms. The van der Waals surface area contributed by atoms with E-state index in [0.29, 0.717) is 0 Å². The molecule has 0 aliphatic carbocycles. The van der Waals surface area contributed by atoms with Crippen LogP contribution in [0.2, 0.25) is 0 Å². The summed E-state index contributed by atoms with van der Waals surface area (Å²) in [4.78, 5) is 0. The van der Waals surface area contributed by atoms with E-state index in [0.717, 1.165) is 17.0 Å². The molecule has 0 bridgehead atoms. The highest BCUT2D eigenvalue weighted by Crippen LogP contribution is 2.21. The number of hydrogen-bond donors (Lipinski definition) is 1. The number of methoxy groups -OCH3 is 1. The predicted molar refractivity (Wildman–Crippen MR) is 99.4 cm³/mol. The van der Waals surface area contributed by atoms with Crippen LogP contribution in [0.25, 0.3) is 17.2 Å². The molecule has 0 heterocycles. The van der Waals surface area contributed by atoms with Gasteiger partial charge in [0.15, 0.2) is 0 Å². The van der Waals surface area contributed by atoms with Gasteiger partial charge in [-0.05, 0) is 34.9 Å². The number of hydrogen-bond acceptors (Lipinski definition) is 2. The topological polar surface area (TPSA) is 35.2 Å². The monoisotopic (exact) mass is 303 g/mol. The molecule has 2 N–H and O–H groups in total. The van der Waals surface area contributed by atoms with Crippen molar-refractivity contribution in [2.75, 3.05) is 12.8 Å². The maximum Gasteiger partial charge on any atom is 0.118 e. The predicted octanol–water partition coefficient (Wildman–Crippen LogP) is 5.27. The largest absolute Gasteiger partial charge is 0.497 e. The summed E-state index contributed by atoms with van der Waals surface area (Å²) in [6.07, 6.45) is 1.75. The second-order valence-corrected chi connectivity index (χ2v) is 4.93. The van der Waals surface area contributed by atoms with Crippen LogP contribution in [0.5, 0.6) is 5.75 Å². The van der Waals surface area contributed by atoms with Crippen molar-refractivity contribution in [3.05, 3.63) is 91.0 Å². The Bertz CT molecular complexity index is 733. The summed E-state index contributed by atoms with van der Waals surface area (Å²) < 4.78 is 5.11. The zero-order valence-corrected chi connectivity index (χ0v) is 13.3. The molecule has 0 fully saturated rings. The number of ether oxygens (including phenoxy) is 1. The summed E-state index contributed by atoms with van der Waals surface area (Å²) in [7, 11) is 1.68.